The van der Waals surface area contributed by atoms with Crippen LogP contribution in [-0.2, 0) is 4.79 Å². The molecule has 0 heterocycles. The van der Waals surface area contributed by atoms with E-state index in [2.05, 4.69) is 10.6 Å². The van der Waals surface area contributed by atoms with Crippen molar-refractivity contribution in [1.82, 2.24) is 5.32 Å². The molecule has 1 aromatic rings. The molecule has 0 aromatic heterocycles. The van der Waals surface area contributed by atoms with Crippen molar-refractivity contribution in [2.45, 2.75) is 13.8 Å². The Balaban J connectivity index is 2.70. The van der Waals surface area contributed by atoms with Crippen molar-refractivity contribution in [2.75, 3.05) is 11.9 Å². The van der Waals surface area contributed by atoms with Crippen LogP contribution in [-0.4, -0.2) is 23.5 Å². The molecule has 0 spiro atoms. The third-order valence-electron chi connectivity index (χ3n) is 2.55. The summed E-state index contributed by atoms with van der Waals surface area (Å²) in [5.41, 5.74) is 0.710. The Morgan fingerprint density at radius 1 is 1.33 bits per heavy atom. The summed E-state index contributed by atoms with van der Waals surface area (Å²) in [6.07, 6.45) is 1.30. The summed E-state index contributed by atoms with van der Waals surface area (Å²) in [6.45, 7) is 4.40. The summed E-state index contributed by atoms with van der Waals surface area (Å²) in [4.78, 5) is 22.4. The van der Waals surface area contributed by atoms with Crippen LogP contribution in [0.15, 0.2) is 36.0 Å². The molecule has 110 valence electrons. The second-order valence-corrected chi connectivity index (χ2v) is 4.80. The van der Waals surface area contributed by atoms with Gasteiger partial charge < -0.3 is 15.7 Å². The zero-order chi connectivity index (χ0) is 15.8. The number of nitrogens with one attached hydrogen (secondary N) is 2. The van der Waals surface area contributed by atoms with Gasteiger partial charge in [0.05, 0.1) is 5.56 Å². The molecule has 0 unspecified atom stereocenters. The Hall–Kier alpha value is -2.81. The third kappa shape index (κ3) is 5.37. The normalized spacial score (nSPS) is 10.9. The van der Waals surface area contributed by atoms with Gasteiger partial charge in [0.2, 0.25) is 0 Å². The molecule has 0 saturated heterocycles. The first kappa shape index (κ1) is 16.2. The fraction of sp³-hybridized carbons (Fsp3) is 0.267. The number of hydrogen-bond donors (Lipinski definition) is 3. The molecule has 0 aliphatic rings. The average Bonchev–Trinajstić information content (AvgIpc) is 2.46. The van der Waals surface area contributed by atoms with Crippen molar-refractivity contribution in [2.24, 2.45) is 5.92 Å². The van der Waals surface area contributed by atoms with Crippen LogP contribution in [0.5, 0.6) is 0 Å². The predicted octanol–water partition coefficient (Wildman–Crippen LogP) is 1.98. The number of carboxylic acid groups (broad SMARTS) is 1. The maximum atomic E-state index is 11.7. The highest BCUT2D eigenvalue weighted by atomic mass is 16.4. The highest BCUT2D eigenvalue weighted by molar-refractivity contribution is 5.97. The maximum absolute atomic E-state index is 11.7. The summed E-state index contributed by atoms with van der Waals surface area (Å²) in [7, 11) is 0. The molecule has 0 aliphatic carbocycles. The van der Waals surface area contributed by atoms with Crippen LogP contribution in [0.2, 0.25) is 0 Å². The van der Waals surface area contributed by atoms with E-state index in [0.29, 0.717) is 18.2 Å². The second kappa shape index (κ2) is 7.70. The lowest BCUT2D eigenvalue weighted by atomic mass is 10.2. The maximum Gasteiger partial charge on any atom is 0.335 e. The number of nitriles is 1. The Kier molecular flexibility index (Phi) is 5.96. The first-order valence-electron chi connectivity index (χ1n) is 6.42. The van der Waals surface area contributed by atoms with E-state index in [4.69, 9.17) is 10.4 Å². The van der Waals surface area contributed by atoms with E-state index in [0.717, 1.165) is 0 Å². The molecular formula is C15H17N3O3. The fourth-order valence-corrected chi connectivity index (χ4v) is 1.41. The lowest BCUT2D eigenvalue weighted by molar-refractivity contribution is -0.117. The average molecular weight is 287 g/mol. The molecule has 0 fully saturated rings. The van der Waals surface area contributed by atoms with Crippen LogP contribution in [0.25, 0.3) is 0 Å². The predicted molar refractivity (Wildman–Crippen MR) is 78.6 cm³/mol. The van der Waals surface area contributed by atoms with Gasteiger partial charge in [-0.2, -0.15) is 5.26 Å². The molecule has 1 amide bonds. The molecule has 6 heteroatoms. The minimum Gasteiger partial charge on any atom is -0.478 e. The van der Waals surface area contributed by atoms with Gasteiger partial charge in [0.1, 0.15) is 11.6 Å². The SMILES string of the molecule is CC(C)CNC(=O)/C(C#N)=C\Nc1ccc(C(=O)O)cc1. The number of amides is 1. The Bertz CT molecular complexity index is 583. The Labute approximate surface area is 123 Å². The van der Waals surface area contributed by atoms with Gasteiger partial charge in [-0.1, -0.05) is 13.8 Å². The van der Waals surface area contributed by atoms with Gasteiger partial charge in [0.15, 0.2) is 0 Å². The number of hydrogen-bond acceptors (Lipinski definition) is 4. The monoisotopic (exact) mass is 287 g/mol. The van der Waals surface area contributed by atoms with Crippen LogP contribution in [0.4, 0.5) is 5.69 Å². The minimum absolute atomic E-state index is 0.0436. The molecule has 0 atom stereocenters. The van der Waals surface area contributed by atoms with Gasteiger partial charge in [-0.25, -0.2) is 4.79 Å². The quantitative estimate of drug-likeness (QED) is 0.548. The number of anilines is 1. The highest BCUT2D eigenvalue weighted by Gasteiger charge is 2.08. The van der Waals surface area contributed by atoms with Gasteiger partial charge in [-0.15, -0.1) is 0 Å². The first-order chi connectivity index (χ1) is 9.93. The van der Waals surface area contributed by atoms with Gasteiger partial charge in [0, 0.05) is 18.4 Å². The van der Waals surface area contributed by atoms with E-state index >= 15 is 0 Å². The van der Waals surface area contributed by atoms with Crippen molar-refractivity contribution >= 4 is 17.6 Å². The first-order valence-corrected chi connectivity index (χ1v) is 6.42. The van der Waals surface area contributed by atoms with Gasteiger partial charge >= 0.3 is 5.97 Å². The van der Waals surface area contributed by atoms with E-state index in [1.165, 1.54) is 18.3 Å². The Morgan fingerprint density at radius 3 is 2.43 bits per heavy atom. The van der Waals surface area contributed by atoms with Crippen molar-refractivity contribution in [3.8, 4) is 6.07 Å². The molecule has 21 heavy (non-hydrogen) atoms. The summed E-state index contributed by atoms with van der Waals surface area (Å²) in [6, 6.07) is 7.80. The van der Waals surface area contributed by atoms with Crippen LogP contribution in [0.3, 0.4) is 0 Å². The summed E-state index contributed by atoms with van der Waals surface area (Å²) in [5, 5.41) is 23.2. The van der Waals surface area contributed by atoms with Gasteiger partial charge in [0.25, 0.3) is 5.91 Å². The topological polar surface area (TPSA) is 102 Å². The van der Waals surface area contributed by atoms with Crippen molar-refractivity contribution in [3.63, 3.8) is 0 Å². The van der Waals surface area contributed by atoms with Crippen LogP contribution >= 0.6 is 0 Å². The molecule has 6 nitrogen and oxygen atoms in total. The number of aromatic carboxylic acids is 1. The van der Waals surface area contributed by atoms with E-state index in [1.807, 2.05) is 19.9 Å². The standard InChI is InChI=1S/C15H17N3O3/c1-10(2)8-18-14(19)12(7-16)9-17-13-5-3-11(4-6-13)15(20)21/h3-6,9-10,17H,8H2,1-2H3,(H,18,19)(H,20,21)/b12-9-. The lowest BCUT2D eigenvalue weighted by Gasteiger charge is -2.07. The molecule has 1 rings (SSSR count). The van der Waals surface area contributed by atoms with Crippen LogP contribution < -0.4 is 10.6 Å². The Morgan fingerprint density at radius 2 is 1.95 bits per heavy atom. The van der Waals surface area contributed by atoms with E-state index < -0.39 is 11.9 Å². The molecular weight excluding hydrogens is 270 g/mol. The number of carbonyl (C=O) groups excluding carboxylic acids is 1. The van der Waals surface area contributed by atoms with Crippen molar-refractivity contribution < 1.29 is 14.7 Å². The summed E-state index contributed by atoms with van der Waals surface area (Å²) in [5.74, 6) is -1.16. The molecule has 0 bridgehead atoms. The zero-order valence-electron chi connectivity index (χ0n) is 11.9. The lowest BCUT2D eigenvalue weighted by Crippen LogP contribution is -2.28. The van der Waals surface area contributed by atoms with Crippen molar-refractivity contribution in [1.29, 1.82) is 5.26 Å². The van der Waals surface area contributed by atoms with Gasteiger partial charge in [-0.3, -0.25) is 4.79 Å². The van der Waals surface area contributed by atoms with Crippen LogP contribution in [0, 0.1) is 17.2 Å². The summed E-state index contributed by atoms with van der Waals surface area (Å²) >= 11 is 0. The number of rotatable bonds is 6. The molecule has 0 saturated carbocycles. The second-order valence-electron chi connectivity index (χ2n) is 4.80. The number of nitrogens with zero attached hydrogens (tertiary/aromatic N) is 1. The highest BCUT2D eigenvalue weighted by Crippen LogP contribution is 2.10. The molecule has 0 radical (unpaired) electrons. The molecule has 0 aliphatic heterocycles. The largest absolute Gasteiger partial charge is 0.478 e. The summed E-state index contributed by atoms with van der Waals surface area (Å²) < 4.78 is 0. The minimum atomic E-state index is -1.01. The smallest absolute Gasteiger partial charge is 0.335 e. The number of benzene rings is 1. The fourth-order valence-electron chi connectivity index (χ4n) is 1.41. The zero-order valence-corrected chi connectivity index (χ0v) is 11.9. The van der Waals surface area contributed by atoms with E-state index in [-0.39, 0.29) is 11.1 Å². The number of carbonyl (C=O) groups is 2. The number of carboxylic acids is 1. The molecule has 1 aromatic carbocycles. The van der Waals surface area contributed by atoms with Crippen molar-refractivity contribution in [3.05, 3.63) is 41.6 Å². The van der Waals surface area contributed by atoms with Gasteiger partial charge in [-0.05, 0) is 30.2 Å². The van der Waals surface area contributed by atoms with E-state index in [9.17, 15) is 9.59 Å². The third-order valence-corrected chi connectivity index (χ3v) is 2.55. The van der Waals surface area contributed by atoms with Crippen LogP contribution in [0.1, 0.15) is 24.2 Å². The van der Waals surface area contributed by atoms with E-state index in [1.54, 1.807) is 12.1 Å². The molecule has 3 N–H and O–H groups in total.